The molecule has 1 unspecified atom stereocenters. The summed E-state index contributed by atoms with van der Waals surface area (Å²) in [6.45, 7) is 0. The molecule has 0 aliphatic carbocycles. The predicted molar refractivity (Wildman–Crippen MR) is 46.3 cm³/mol. The van der Waals surface area contributed by atoms with Crippen LogP contribution in [-0.4, -0.2) is 22.1 Å². The average Bonchev–Trinajstić information content (AvgIpc) is 2.87. The van der Waals surface area contributed by atoms with E-state index >= 15 is 0 Å². The van der Waals surface area contributed by atoms with E-state index in [0.29, 0.717) is 0 Å². The quantitative estimate of drug-likeness (QED) is 0.681. The summed E-state index contributed by atoms with van der Waals surface area (Å²) in [4.78, 5) is 0.911. The van der Waals surface area contributed by atoms with Crippen molar-refractivity contribution in [2.45, 2.75) is 10.1 Å². The van der Waals surface area contributed by atoms with Crippen LogP contribution in [0.25, 0.3) is 0 Å². The second-order valence-electron chi connectivity index (χ2n) is 2.60. The first-order valence-corrected chi connectivity index (χ1v) is 5.86. The molecule has 0 aromatic heterocycles. The van der Waals surface area contributed by atoms with Crippen molar-refractivity contribution in [1.82, 2.24) is 0 Å². The van der Waals surface area contributed by atoms with Crippen LogP contribution >= 0.6 is 0 Å². The summed E-state index contributed by atoms with van der Waals surface area (Å²) in [5, 5.41) is 1.43. The first-order valence-electron chi connectivity index (χ1n) is 3.66. The van der Waals surface area contributed by atoms with Gasteiger partial charge in [-0.25, -0.2) is 0 Å². The molecule has 1 aliphatic rings. The van der Waals surface area contributed by atoms with Crippen LogP contribution in [0.3, 0.4) is 0 Å². The Morgan fingerprint density at radius 1 is 1.36 bits per heavy atom. The van der Waals surface area contributed by atoms with E-state index in [-0.39, 0.29) is 0 Å². The molecule has 1 aromatic carbocycles. The van der Waals surface area contributed by atoms with Crippen LogP contribution in [-0.2, 0) is 0 Å². The van der Waals surface area contributed by atoms with Gasteiger partial charge in [0.2, 0.25) is 0 Å². The van der Waals surface area contributed by atoms with Crippen LogP contribution in [0.2, 0.25) is 5.32 Å². The fraction of sp³-hybridized carbons (Fsp3) is 0.333. The normalized spacial score (nSPS) is 21.4. The van der Waals surface area contributed by atoms with E-state index < -0.39 is 0 Å². The Bertz CT molecular complexity index is 238. The van der Waals surface area contributed by atoms with Gasteiger partial charge in [-0.2, -0.15) is 0 Å². The number of methoxy groups -OCH3 is 1. The topological polar surface area (TPSA) is 9.23 Å². The van der Waals surface area contributed by atoms with Crippen LogP contribution in [0.4, 0.5) is 0 Å². The molecule has 1 aliphatic heterocycles. The molecule has 2 rings (SSSR count). The molecule has 1 saturated heterocycles. The van der Waals surface area contributed by atoms with Crippen LogP contribution in [0.5, 0.6) is 5.75 Å². The van der Waals surface area contributed by atoms with E-state index in [4.69, 9.17) is 4.74 Å². The average molecular weight is 213 g/mol. The Labute approximate surface area is 72.9 Å². The number of rotatable bonds is 2. The third-order valence-corrected chi connectivity index (χ3v) is 3.79. The fourth-order valence-corrected chi connectivity index (χ4v) is 2.40. The van der Waals surface area contributed by atoms with E-state index in [2.05, 4.69) is 12.1 Å². The van der Waals surface area contributed by atoms with Gasteiger partial charge in [0, 0.05) is 0 Å². The minimum atomic E-state index is 0.897. The van der Waals surface area contributed by atoms with Gasteiger partial charge in [-0.3, -0.25) is 0 Å². The van der Waals surface area contributed by atoms with Gasteiger partial charge < -0.3 is 0 Å². The van der Waals surface area contributed by atoms with Crippen molar-refractivity contribution in [1.29, 1.82) is 0 Å². The first kappa shape index (κ1) is 7.20. The van der Waals surface area contributed by atoms with E-state index in [9.17, 15) is 0 Å². The zero-order chi connectivity index (χ0) is 7.68. The van der Waals surface area contributed by atoms with Gasteiger partial charge in [-0.1, -0.05) is 0 Å². The van der Waals surface area contributed by atoms with Crippen molar-refractivity contribution in [2.24, 2.45) is 0 Å². The maximum atomic E-state index is 5.07. The maximum absolute atomic E-state index is 5.07. The van der Waals surface area contributed by atoms with Crippen LogP contribution in [0.1, 0.15) is 10.4 Å². The van der Waals surface area contributed by atoms with Gasteiger partial charge in [0.25, 0.3) is 0 Å². The van der Waals surface area contributed by atoms with E-state index in [1.54, 1.807) is 7.11 Å². The van der Waals surface area contributed by atoms with Crippen molar-refractivity contribution < 1.29 is 4.74 Å². The SMILES string of the molecule is COc1ccc(C2C[Se]2)cc1. The second kappa shape index (κ2) is 2.88. The molecule has 0 N–H and O–H groups in total. The molecular weight excluding hydrogens is 203 g/mol. The van der Waals surface area contributed by atoms with Gasteiger partial charge in [0.05, 0.1) is 0 Å². The van der Waals surface area contributed by atoms with Crippen LogP contribution in [0.15, 0.2) is 24.3 Å². The van der Waals surface area contributed by atoms with Gasteiger partial charge in [-0.15, -0.1) is 0 Å². The summed E-state index contributed by atoms with van der Waals surface area (Å²) in [6.07, 6.45) is 0. The molecule has 1 heterocycles. The van der Waals surface area contributed by atoms with Crippen molar-refractivity contribution in [3.05, 3.63) is 29.8 Å². The third kappa shape index (κ3) is 1.58. The Morgan fingerprint density at radius 2 is 2.00 bits per heavy atom. The van der Waals surface area contributed by atoms with E-state index in [1.807, 2.05) is 12.1 Å². The number of benzene rings is 1. The number of hydrogen-bond acceptors (Lipinski definition) is 1. The molecule has 0 saturated carbocycles. The van der Waals surface area contributed by atoms with E-state index in [0.717, 1.165) is 25.5 Å². The van der Waals surface area contributed by atoms with Crippen molar-refractivity contribution >= 4 is 15.0 Å². The molecule has 0 bridgehead atoms. The molecule has 0 radical (unpaired) electrons. The summed E-state index contributed by atoms with van der Waals surface area (Å²) >= 11 is 0.897. The van der Waals surface area contributed by atoms with Gasteiger partial charge in [0.1, 0.15) is 0 Å². The summed E-state index contributed by atoms with van der Waals surface area (Å²) in [5.74, 6) is 0.960. The van der Waals surface area contributed by atoms with Crippen molar-refractivity contribution in [3.63, 3.8) is 0 Å². The standard InChI is InChI=1S/C9H10OSe/c1-10-8-4-2-7(3-5-8)9-6-11-9/h2-5,9H,6H2,1H3. The zero-order valence-corrected chi connectivity index (χ0v) is 8.12. The molecule has 1 nitrogen and oxygen atoms in total. The second-order valence-corrected chi connectivity index (χ2v) is 5.19. The van der Waals surface area contributed by atoms with Crippen LogP contribution in [0, 0.1) is 0 Å². The molecule has 11 heavy (non-hydrogen) atoms. The fourth-order valence-electron chi connectivity index (χ4n) is 1.06. The number of hydrogen-bond donors (Lipinski definition) is 0. The Kier molecular flexibility index (Phi) is 1.89. The van der Waals surface area contributed by atoms with Gasteiger partial charge in [0.15, 0.2) is 0 Å². The van der Waals surface area contributed by atoms with Gasteiger partial charge in [-0.05, 0) is 0 Å². The van der Waals surface area contributed by atoms with Crippen LogP contribution < -0.4 is 4.74 Å². The molecule has 1 atom stereocenters. The Hall–Kier alpha value is -0.461. The van der Waals surface area contributed by atoms with Crippen molar-refractivity contribution in [2.75, 3.05) is 7.11 Å². The van der Waals surface area contributed by atoms with Crippen molar-refractivity contribution in [3.8, 4) is 5.75 Å². The molecule has 1 aromatic rings. The molecule has 0 spiro atoms. The molecule has 2 heteroatoms. The first-order chi connectivity index (χ1) is 5.40. The minimum absolute atomic E-state index is 0.897. The zero-order valence-electron chi connectivity index (χ0n) is 6.41. The summed E-state index contributed by atoms with van der Waals surface area (Å²) in [5.41, 5.74) is 1.49. The predicted octanol–water partition coefficient (Wildman–Crippen LogP) is 1.87. The molecule has 0 amide bonds. The monoisotopic (exact) mass is 214 g/mol. The third-order valence-electron chi connectivity index (χ3n) is 1.82. The summed E-state index contributed by atoms with van der Waals surface area (Å²) < 4.78 is 5.07. The summed E-state index contributed by atoms with van der Waals surface area (Å²) in [7, 11) is 1.70. The van der Waals surface area contributed by atoms with Gasteiger partial charge >= 0.3 is 72.5 Å². The molecule has 1 fully saturated rings. The molecule has 58 valence electrons. The van der Waals surface area contributed by atoms with E-state index in [1.165, 1.54) is 10.9 Å². The Balaban J connectivity index is 2.19. The Morgan fingerprint density at radius 3 is 2.45 bits per heavy atom. The molecular formula is C9H10OSe. The summed E-state index contributed by atoms with van der Waals surface area (Å²) in [6, 6.07) is 8.45. The number of ether oxygens (including phenoxy) is 1.